The third-order valence-corrected chi connectivity index (χ3v) is 5.90. The molecule has 28 heavy (non-hydrogen) atoms. The average molecular weight is 431 g/mol. The highest BCUT2D eigenvalue weighted by molar-refractivity contribution is 6.42. The third kappa shape index (κ3) is 3.58. The first-order chi connectivity index (χ1) is 13.2. The van der Waals surface area contributed by atoms with E-state index in [9.17, 15) is 18.0 Å². The molecule has 1 aromatic carbocycles. The zero-order valence-corrected chi connectivity index (χ0v) is 15.9. The van der Waals surface area contributed by atoms with E-state index < -0.39 is 23.7 Å². The number of pyridine rings is 1. The van der Waals surface area contributed by atoms with Crippen molar-refractivity contribution in [2.75, 3.05) is 5.32 Å². The summed E-state index contributed by atoms with van der Waals surface area (Å²) < 4.78 is 45.0. The van der Waals surface area contributed by atoms with Crippen LogP contribution in [0.4, 0.5) is 18.9 Å². The standard InChI is InChI=1S/C19H15Cl2F3N2O2/c20-10-5-4-9(8-11(10)21)25-18(27)17-14-7-6-13(28-14)16(17)12-2-1-3-15(26-12)19(22,23)24/h1-5,8,13-14,16-17H,6-7H2,(H,25,27). The van der Waals surface area contributed by atoms with Crippen molar-refractivity contribution in [3.8, 4) is 0 Å². The molecule has 9 heteroatoms. The van der Waals surface area contributed by atoms with E-state index in [0.29, 0.717) is 28.6 Å². The molecule has 1 N–H and O–H groups in total. The number of carbonyl (C=O) groups excluding carboxylic acids is 1. The first kappa shape index (κ1) is 19.5. The van der Waals surface area contributed by atoms with E-state index in [1.165, 1.54) is 18.2 Å². The molecule has 2 aliphatic rings. The highest BCUT2D eigenvalue weighted by Crippen LogP contribution is 2.49. The number of hydrogen-bond acceptors (Lipinski definition) is 3. The molecule has 4 unspecified atom stereocenters. The fraction of sp³-hybridized carbons (Fsp3) is 0.368. The van der Waals surface area contributed by atoms with Gasteiger partial charge in [-0.2, -0.15) is 13.2 Å². The Kier molecular flexibility index (Phi) is 5.02. The molecule has 2 fully saturated rings. The molecule has 4 rings (SSSR count). The van der Waals surface area contributed by atoms with Crippen LogP contribution in [0.3, 0.4) is 0 Å². The number of ether oxygens (including phenoxy) is 1. The van der Waals surface area contributed by atoms with E-state index in [2.05, 4.69) is 10.3 Å². The van der Waals surface area contributed by atoms with Gasteiger partial charge in [-0.1, -0.05) is 29.3 Å². The van der Waals surface area contributed by atoms with Gasteiger partial charge in [0.05, 0.1) is 28.2 Å². The van der Waals surface area contributed by atoms with Gasteiger partial charge in [0.25, 0.3) is 0 Å². The number of amides is 1. The van der Waals surface area contributed by atoms with Crippen molar-refractivity contribution in [3.05, 3.63) is 57.8 Å². The number of fused-ring (bicyclic) bond motifs is 2. The van der Waals surface area contributed by atoms with Crippen molar-refractivity contribution in [2.45, 2.75) is 37.1 Å². The molecule has 0 saturated carbocycles. The van der Waals surface area contributed by atoms with Gasteiger partial charge in [-0.05, 0) is 43.2 Å². The Balaban J connectivity index is 1.62. The molecule has 1 amide bonds. The summed E-state index contributed by atoms with van der Waals surface area (Å²) >= 11 is 11.9. The number of alkyl halides is 3. The summed E-state index contributed by atoms with van der Waals surface area (Å²) in [7, 11) is 0. The van der Waals surface area contributed by atoms with Crippen molar-refractivity contribution in [1.29, 1.82) is 0 Å². The number of carbonyl (C=O) groups is 1. The summed E-state index contributed by atoms with van der Waals surface area (Å²) in [5.41, 5.74) is -0.300. The van der Waals surface area contributed by atoms with Crippen LogP contribution in [0.1, 0.15) is 30.1 Å². The zero-order chi connectivity index (χ0) is 20.1. The van der Waals surface area contributed by atoms with Crippen molar-refractivity contribution in [3.63, 3.8) is 0 Å². The Labute approximate surface area is 169 Å². The molecule has 2 bridgehead atoms. The first-order valence-corrected chi connectivity index (χ1v) is 9.45. The quantitative estimate of drug-likeness (QED) is 0.717. The topological polar surface area (TPSA) is 51.2 Å². The molecule has 4 atom stereocenters. The summed E-state index contributed by atoms with van der Waals surface area (Å²) in [4.78, 5) is 16.7. The van der Waals surface area contributed by atoms with Gasteiger partial charge in [-0.3, -0.25) is 4.79 Å². The van der Waals surface area contributed by atoms with E-state index in [4.69, 9.17) is 27.9 Å². The second kappa shape index (κ2) is 7.21. The van der Waals surface area contributed by atoms with Gasteiger partial charge in [0.1, 0.15) is 5.69 Å². The fourth-order valence-corrected chi connectivity index (χ4v) is 4.28. The molecule has 1 aromatic heterocycles. The maximum Gasteiger partial charge on any atom is 0.433 e. The van der Waals surface area contributed by atoms with E-state index >= 15 is 0 Å². The molecular formula is C19H15Cl2F3N2O2. The minimum Gasteiger partial charge on any atom is -0.373 e. The van der Waals surface area contributed by atoms with Crippen LogP contribution < -0.4 is 5.32 Å². The van der Waals surface area contributed by atoms with E-state index in [1.807, 2.05) is 0 Å². The lowest BCUT2D eigenvalue weighted by molar-refractivity contribution is -0.141. The Hall–Kier alpha value is -1.83. The second-order valence-electron chi connectivity index (χ2n) is 6.91. The van der Waals surface area contributed by atoms with Crippen molar-refractivity contribution in [1.82, 2.24) is 4.98 Å². The van der Waals surface area contributed by atoms with Gasteiger partial charge in [0.15, 0.2) is 0 Å². The van der Waals surface area contributed by atoms with Gasteiger partial charge in [-0.25, -0.2) is 4.98 Å². The predicted molar refractivity (Wildman–Crippen MR) is 98.5 cm³/mol. The van der Waals surface area contributed by atoms with Crippen LogP contribution in [0.5, 0.6) is 0 Å². The number of halogens is 5. The molecule has 2 saturated heterocycles. The number of aromatic nitrogens is 1. The third-order valence-electron chi connectivity index (χ3n) is 5.17. The van der Waals surface area contributed by atoms with Crippen molar-refractivity contribution in [2.24, 2.45) is 5.92 Å². The van der Waals surface area contributed by atoms with Crippen LogP contribution in [0.2, 0.25) is 10.0 Å². The van der Waals surface area contributed by atoms with Crippen LogP contribution in [0, 0.1) is 5.92 Å². The predicted octanol–water partition coefficient (Wildman–Crippen LogP) is 5.31. The maximum atomic E-state index is 13.1. The molecule has 2 aromatic rings. The molecule has 0 radical (unpaired) electrons. The Morgan fingerprint density at radius 2 is 1.86 bits per heavy atom. The maximum absolute atomic E-state index is 13.1. The summed E-state index contributed by atoms with van der Waals surface area (Å²) in [5, 5.41) is 3.42. The Bertz CT molecular complexity index is 922. The molecule has 3 heterocycles. The number of benzene rings is 1. The molecular weight excluding hydrogens is 416 g/mol. The van der Waals surface area contributed by atoms with E-state index in [0.717, 1.165) is 6.07 Å². The number of nitrogens with one attached hydrogen (secondary N) is 1. The molecule has 4 nitrogen and oxygen atoms in total. The summed E-state index contributed by atoms with van der Waals surface area (Å²) in [6, 6.07) is 8.44. The smallest absolute Gasteiger partial charge is 0.373 e. The number of nitrogens with zero attached hydrogens (tertiary/aromatic N) is 1. The van der Waals surface area contributed by atoms with Crippen molar-refractivity contribution < 1.29 is 22.7 Å². The van der Waals surface area contributed by atoms with Crippen LogP contribution in [-0.2, 0) is 15.7 Å². The van der Waals surface area contributed by atoms with Crippen LogP contribution >= 0.6 is 23.2 Å². The SMILES string of the molecule is O=C(Nc1ccc(Cl)c(Cl)c1)C1C2CCC(O2)C1c1cccc(C(F)(F)F)n1. The Morgan fingerprint density at radius 1 is 1.11 bits per heavy atom. The average Bonchev–Trinajstić information content (AvgIpc) is 3.25. The van der Waals surface area contributed by atoms with Gasteiger partial charge < -0.3 is 10.1 Å². The Morgan fingerprint density at radius 3 is 2.57 bits per heavy atom. The second-order valence-corrected chi connectivity index (χ2v) is 7.72. The van der Waals surface area contributed by atoms with E-state index in [1.54, 1.807) is 12.1 Å². The van der Waals surface area contributed by atoms with Gasteiger partial charge >= 0.3 is 6.18 Å². The molecule has 2 aliphatic heterocycles. The highest BCUT2D eigenvalue weighted by atomic mass is 35.5. The van der Waals surface area contributed by atoms with Gasteiger partial charge in [-0.15, -0.1) is 0 Å². The first-order valence-electron chi connectivity index (χ1n) is 8.69. The fourth-order valence-electron chi connectivity index (χ4n) is 3.98. The minimum absolute atomic E-state index is 0.219. The number of hydrogen-bond donors (Lipinski definition) is 1. The molecule has 148 valence electrons. The highest BCUT2D eigenvalue weighted by Gasteiger charge is 2.53. The van der Waals surface area contributed by atoms with Crippen LogP contribution in [-0.4, -0.2) is 23.1 Å². The lowest BCUT2D eigenvalue weighted by Crippen LogP contribution is -2.36. The summed E-state index contributed by atoms with van der Waals surface area (Å²) in [6.07, 6.45) is -3.87. The van der Waals surface area contributed by atoms with Gasteiger partial charge in [0.2, 0.25) is 5.91 Å². The van der Waals surface area contributed by atoms with Crippen LogP contribution in [0.25, 0.3) is 0 Å². The summed E-state index contributed by atoms with van der Waals surface area (Å²) in [5.74, 6) is -1.51. The normalized spacial score (nSPS) is 26.5. The lowest BCUT2D eigenvalue weighted by Gasteiger charge is -2.27. The monoisotopic (exact) mass is 430 g/mol. The number of anilines is 1. The van der Waals surface area contributed by atoms with Gasteiger partial charge in [0, 0.05) is 17.3 Å². The zero-order valence-electron chi connectivity index (χ0n) is 14.3. The van der Waals surface area contributed by atoms with Crippen LogP contribution in [0.15, 0.2) is 36.4 Å². The lowest BCUT2D eigenvalue weighted by atomic mass is 9.76. The molecule has 0 spiro atoms. The molecule has 0 aliphatic carbocycles. The van der Waals surface area contributed by atoms with E-state index in [-0.39, 0.29) is 23.8 Å². The summed E-state index contributed by atoms with van der Waals surface area (Å²) in [6.45, 7) is 0. The van der Waals surface area contributed by atoms with Crippen molar-refractivity contribution >= 4 is 34.8 Å². The largest absolute Gasteiger partial charge is 0.433 e. The minimum atomic E-state index is -4.55. The number of rotatable bonds is 3.